The van der Waals surface area contributed by atoms with Crippen LogP contribution in [0.3, 0.4) is 0 Å². The zero-order valence-electron chi connectivity index (χ0n) is 8.59. The van der Waals surface area contributed by atoms with Gasteiger partial charge in [-0.3, -0.25) is 4.79 Å². The van der Waals surface area contributed by atoms with Crippen molar-refractivity contribution in [2.45, 2.75) is 4.34 Å². The van der Waals surface area contributed by atoms with Crippen LogP contribution in [0.15, 0.2) is 38.6 Å². The molecule has 0 aliphatic carbocycles. The number of hydrogen-bond acceptors (Lipinski definition) is 5. The van der Waals surface area contributed by atoms with Gasteiger partial charge in [0.05, 0.1) is 11.4 Å². The van der Waals surface area contributed by atoms with Crippen LogP contribution in [0.2, 0.25) is 0 Å². The van der Waals surface area contributed by atoms with E-state index in [0.29, 0.717) is 5.75 Å². The van der Waals surface area contributed by atoms with E-state index in [1.54, 1.807) is 5.51 Å². The maximum atomic E-state index is 11.7. The number of nitrogens with one attached hydrogen (secondary N) is 1. The molecular formula is C10H8BrN3OS2. The number of anilines is 1. The number of hydrogen-bond donors (Lipinski definition) is 1. The van der Waals surface area contributed by atoms with Gasteiger partial charge in [-0.1, -0.05) is 35.2 Å². The quantitative estimate of drug-likeness (QED) is 0.876. The number of nitrogens with zero attached hydrogens (tertiary/aromatic N) is 2. The van der Waals surface area contributed by atoms with E-state index in [4.69, 9.17) is 0 Å². The maximum absolute atomic E-state index is 11.7. The van der Waals surface area contributed by atoms with E-state index in [9.17, 15) is 4.79 Å². The van der Waals surface area contributed by atoms with Gasteiger partial charge < -0.3 is 5.32 Å². The Bertz CT molecular complexity index is 504. The first-order valence-electron chi connectivity index (χ1n) is 4.69. The third-order valence-electron chi connectivity index (χ3n) is 1.81. The normalized spacial score (nSPS) is 10.2. The van der Waals surface area contributed by atoms with Gasteiger partial charge in [0, 0.05) is 4.47 Å². The highest BCUT2D eigenvalue weighted by atomic mass is 79.9. The highest BCUT2D eigenvalue weighted by Crippen LogP contribution is 2.22. The molecule has 0 saturated heterocycles. The van der Waals surface area contributed by atoms with Crippen LogP contribution in [0, 0.1) is 0 Å². The topological polar surface area (TPSA) is 54.9 Å². The molecular weight excluding hydrogens is 322 g/mol. The minimum atomic E-state index is -0.0582. The summed E-state index contributed by atoms with van der Waals surface area (Å²) < 4.78 is 1.67. The second-order valence-electron chi connectivity index (χ2n) is 3.02. The molecule has 1 aromatic heterocycles. The van der Waals surface area contributed by atoms with Gasteiger partial charge >= 0.3 is 0 Å². The molecule has 1 amide bonds. The van der Waals surface area contributed by atoms with Crippen LogP contribution in [0.5, 0.6) is 0 Å². The first kappa shape index (κ1) is 12.5. The largest absolute Gasteiger partial charge is 0.324 e. The monoisotopic (exact) mass is 329 g/mol. The van der Waals surface area contributed by atoms with Crippen LogP contribution < -0.4 is 5.32 Å². The van der Waals surface area contributed by atoms with Crippen molar-refractivity contribution in [1.29, 1.82) is 0 Å². The van der Waals surface area contributed by atoms with Crippen LogP contribution in [0.1, 0.15) is 0 Å². The van der Waals surface area contributed by atoms with E-state index in [-0.39, 0.29) is 5.91 Å². The van der Waals surface area contributed by atoms with Gasteiger partial charge in [-0.25, -0.2) is 0 Å². The Morgan fingerprint density at radius 2 is 2.29 bits per heavy atom. The van der Waals surface area contributed by atoms with E-state index >= 15 is 0 Å². The zero-order valence-corrected chi connectivity index (χ0v) is 11.8. The highest BCUT2D eigenvalue weighted by molar-refractivity contribution is 9.10. The van der Waals surface area contributed by atoms with Crippen LogP contribution in [-0.4, -0.2) is 21.9 Å². The molecule has 0 saturated carbocycles. The van der Waals surface area contributed by atoms with Crippen LogP contribution in [0.4, 0.5) is 5.69 Å². The van der Waals surface area contributed by atoms with Crippen molar-refractivity contribution >= 4 is 50.6 Å². The molecule has 2 rings (SSSR count). The number of rotatable bonds is 4. The Kier molecular flexibility index (Phi) is 4.52. The summed E-state index contributed by atoms with van der Waals surface area (Å²) in [6, 6.07) is 7.50. The second-order valence-corrected chi connectivity index (χ2v) is 5.93. The first-order valence-corrected chi connectivity index (χ1v) is 7.35. The van der Waals surface area contributed by atoms with Crippen molar-refractivity contribution in [3.8, 4) is 0 Å². The lowest BCUT2D eigenvalue weighted by Gasteiger charge is -2.05. The average Bonchev–Trinajstić information content (AvgIpc) is 2.82. The van der Waals surface area contributed by atoms with Gasteiger partial charge in [0.15, 0.2) is 4.34 Å². The highest BCUT2D eigenvalue weighted by Gasteiger charge is 2.07. The van der Waals surface area contributed by atoms with Gasteiger partial charge in [0.25, 0.3) is 0 Å². The summed E-state index contributed by atoms with van der Waals surface area (Å²) in [7, 11) is 0. The lowest BCUT2D eigenvalue weighted by molar-refractivity contribution is -0.113. The van der Waals surface area contributed by atoms with Crippen molar-refractivity contribution in [3.05, 3.63) is 34.2 Å². The van der Waals surface area contributed by atoms with Gasteiger partial charge in [0.1, 0.15) is 5.51 Å². The molecule has 0 aliphatic heterocycles. The third kappa shape index (κ3) is 3.79. The predicted molar refractivity (Wildman–Crippen MR) is 73.4 cm³/mol. The lowest BCUT2D eigenvalue weighted by Crippen LogP contribution is -2.14. The minimum Gasteiger partial charge on any atom is -0.324 e. The van der Waals surface area contributed by atoms with Gasteiger partial charge in [-0.15, -0.1) is 10.2 Å². The molecule has 4 nitrogen and oxygen atoms in total. The SMILES string of the molecule is O=C(CSc1nncs1)Nc1ccccc1Br. The van der Waals surface area contributed by atoms with Gasteiger partial charge in [-0.05, 0) is 28.1 Å². The summed E-state index contributed by atoms with van der Waals surface area (Å²) in [5, 5.41) is 10.4. The fourth-order valence-electron chi connectivity index (χ4n) is 1.10. The Morgan fingerprint density at radius 1 is 1.47 bits per heavy atom. The van der Waals surface area contributed by atoms with Crippen LogP contribution >= 0.6 is 39.0 Å². The molecule has 0 bridgehead atoms. The standard InChI is InChI=1S/C10H8BrN3OS2/c11-7-3-1-2-4-8(7)13-9(15)5-16-10-14-12-6-17-10/h1-4,6H,5H2,(H,13,15). The Balaban J connectivity index is 1.87. The molecule has 0 spiro atoms. The van der Waals surface area contributed by atoms with Crippen molar-refractivity contribution in [2.24, 2.45) is 0 Å². The molecule has 1 aromatic carbocycles. The molecule has 0 atom stereocenters. The summed E-state index contributed by atoms with van der Waals surface area (Å²) in [5.74, 6) is 0.272. The Hall–Kier alpha value is -0.920. The molecule has 1 N–H and O–H groups in total. The van der Waals surface area contributed by atoms with Crippen molar-refractivity contribution in [3.63, 3.8) is 0 Å². The summed E-state index contributed by atoms with van der Waals surface area (Å²) >= 11 is 6.18. The number of carbonyl (C=O) groups is 1. The smallest absolute Gasteiger partial charge is 0.234 e. The average molecular weight is 330 g/mol. The minimum absolute atomic E-state index is 0.0582. The summed E-state index contributed by atoms with van der Waals surface area (Å²) in [6.45, 7) is 0. The fourth-order valence-corrected chi connectivity index (χ4v) is 2.77. The first-order chi connectivity index (χ1) is 8.25. The molecule has 0 fully saturated rings. The van der Waals surface area contributed by atoms with Crippen molar-refractivity contribution < 1.29 is 4.79 Å². The van der Waals surface area contributed by atoms with Gasteiger partial charge in [-0.2, -0.15) is 0 Å². The molecule has 7 heteroatoms. The van der Waals surface area contributed by atoms with Crippen LogP contribution in [-0.2, 0) is 4.79 Å². The maximum Gasteiger partial charge on any atom is 0.234 e. The van der Waals surface area contributed by atoms with Gasteiger partial charge in [0.2, 0.25) is 5.91 Å². The Morgan fingerprint density at radius 3 is 3.00 bits per heavy atom. The molecule has 17 heavy (non-hydrogen) atoms. The molecule has 1 heterocycles. The molecule has 0 unspecified atom stereocenters. The number of carbonyl (C=O) groups excluding carboxylic acids is 1. The number of halogens is 1. The second kappa shape index (κ2) is 6.13. The van der Waals surface area contributed by atoms with E-state index in [1.165, 1.54) is 23.1 Å². The zero-order chi connectivity index (χ0) is 12.1. The summed E-state index contributed by atoms with van der Waals surface area (Å²) in [4.78, 5) is 11.7. The van der Waals surface area contributed by atoms with Crippen molar-refractivity contribution in [1.82, 2.24) is 10.2 Å². The van der Waals surface area contributed by atoms with E-state index in [1.807, 2.05) is 24.3 Å². The van der Waals surface area contributed by atoms with Crippen molar-refractivity contribution in [2.75, 3.05) is 11.1 Å². The summed E-state index contributed by atoms with van der Waals surface area (Å²) in [6.07, 6.45) is 0. The molecule has 0 radical (unpaired) electrons. The van der Waals surface area contributed by atoms with Crippen LogP contribution in [0.25, 0.3) is 0 Å². The molecule has 2 aromatic rings. The summed E-state index contributed by atoms with van der Waals surface area (Å²) in [5.41, 5.74) is 2.42. The Labute approximate surface area is 115 Å². The number of para-hydroxylation sites is 1. The van der Waals surface area contributed by atoms with E-state index in [2.05, 4.69) is 31.4 Å². The number of amides is 1. The van der Waals surface area contributed by atoms with E-state index < -0.39 is 0 Å². The number of aromatic nitrogens is 2. The predicted octanol–water partition coefficient (Wildman–Crippen LogP) is 3.03. The number of thioether (sulfide) groups is 1. The molecule has 88 valence electrons. The molecule has 0 aliphatic rings. The third-order valence-corrected chi connectivity index (χ3v) is 4.37. The lowest BCUT2D eigenvalue weighted by atomic mass is 10.3. The fraction of sp³-hybridized carbons (Fsp3) is 0.100. The van der Waals surface area contributed by atoms with E-state index in [0.717, 1.165) is 14.5 Å². The number of benzene rings is 1.